The van der Waals surface area contributed by atoms with Gasteiger partial charge in [0.1, 0.15) is 0 Å². The highest BCUT2D eigenvalue weighted by Gasteiger charge is 2.20. The number of hydrogen-bond acceptors (Lipinski definition) is 8. The Morgan fingerprint density at radius 3 is 1.03 bits per heavy atom. The summed E-state index contributed by atoms with van der Waals surface area (Å²) >= 11 is 1.75. The molecule has 1 saturated heterocycles. The van der Waals surface area contributed by atoms with Crippen molar-refractivity contribution >= 4 is 46.7 Å². The number of carbonyl (C=O) groups excluding carboxylic acids is 1. The molecule has 166 valence electrons. The second kappa shape index (κ2) is 13.6. The van der Waals surface area contributed by atoms with E-state index in [4.69, 9.17) is 15.3 Å². The molecule has 0 aromatic heterocycles. The van der Waals surface area contributed by atoms with Crippen LogP contribution in [0.15, 0.2) is 0 Å². The molecule has 0 saturated carbocycles. The first kappa shape index (κ1) is 25.5. The van der Waals surface area contributed by atoms with Gasteiger partial charge >= 0.3 is 17.9 Å². The lowest BCUT2D eigenvalue weighted by Gasteiger charge is -2.32. The van der Waals surface area contributed by atoms with Crippen molar-refractivity contribution in [2.24, 2.45) is 0 Å². The summed E-state index contributed by atoms with van der Waals surface area (Å²) in [4.78, 5) is 52.2. The molecule has 1 amide bonds. The van der Waals surface area contributed by atoms with Gasteiger partial charge < -0.3 is 15.3 Å². The van der Waals surface area contributed by atoms with E-state index in [0.717, 1.165) is 0 Å². The minimum Gasteiger partial charge on any atom is -0.480 e. The number of rotatable bonds is 8. The molecule has 0 unspecified atom stereocenters. The maximum atomic E-state index is 11.8. The van der Waals surface area contributed by atoms with Crippen LogP contribution in [0.25, 0.3) is 0 Å². The summed E-state index contributed by atoms with van der Waals surface area (Å²) in [5.74, 6) is -3.15. The fourth-order valence-corrected chi connectivity index (χ4v) is 3.19. The first-order chi connectivity index (χ1) is 13.7. The van der Waals surface area contributed by atoms with Gasteiger partial charge in [0.25, 0.3) is 0 Å². The topological polar surface area (TPSA) is 154 Å². The number of hydrogen-bond donors (Lipinski definition) is 4. The number of carbonyl (C=O) groups is 4. The van der Waals surface area contributed by atoms with Crippen LogP contribution in [0.2, 0.25) is 0 Å². The van der Waals surface area contributed by atoms with E-state index in [2.05, 4.69) is 3.53 Å². The second-order valence-electron chi connectivity index (χ2n) is 6.80. The Morgan fingerprint density at radius 2 is 0.828 bits per heavy atom. The zero-order valence-corrected chi connectivity index (χ0v) is 18.3. The van der Waals surface area contributed by atoms with Gasteiger partial charge in [-0.3, -0.25) is 42.3 Å². The van der Waals surface area contributed by atoms with E-state index in [1.54, 1.807) is 37.6 Å². The summed E-state index contributed by atoms with van der Waals surface area (Å²) in [6.45, 7) is 2.57. The number of aliphatic carboxylic acids is 3. The summed E-state index contributed by atoms with van der Waals surface area (Å²) in [5, 5.41) is 27.4. The van der Waals surface area contributed by atoms with Crippen molar-refractivity contribution in [3.63, 3.8) is 0 Å². The normalized spacial score (nSPS) is 19.1. The zero-order valence-electron chi connectivity index (χ0n) is 16.1. The Balaban J connectivity index is 2.92. The van der Waals surface area contributed by atoms with E-state index in [1.165, 1.54) is 0 Å². The van der Waals surface area contributed by atoms with Crippen LogP contribution < -0.4 is 3.53 Å². The number of nitrogens with zero attached hydrogens (tertiary/aromatic N) is 4. The number of carboxylic acid groups (broad SMARTS) is 3. The third-order valence-corrected chi connectivity index (χ3v) is 5.08. The lowest BCUT2D eigenvalue weighted by Crippen LogP contribution is -2.49. The van der Waals surface area contributed by atoms with Gasteiger partial charge in [-0.25, -0.2) is 0 Å². The van der Waals surface area contributed by atoms with Gasteiger partial charge in [-0.15, -0.1) is 0 Å². The minimum absolute atomic E-state index is 0.121. The molecule has 13 heteroatoms. The van der Waals surface area contributed by atoms with Gasteiger partial charge in [0.05, 0.1) is 49.0 Å². The third-order valence-electron chi connectivity index (χ3n) is 4.48. The fraction of sp³-hybridized carbons (Fsp3) is 0.750. The fourth-order valence-electron chi connectivity index (χ4n) is 3.02. The standard InChI is InChI=1S/C16H28IN5O7/c17-18-13(23)9-19-1-3-20(10-14(24)25)5-7-22(12-16(28)29)8-6-21(4-2-19)11-15(26)27/h1-12H2,(H,18,23)(H,24,25)(H,26,27)(H,28,29). The smallest absolute Gasteiger partial charge is 0.317 e. The average molecular weight is 529 g/mol. The highest BCUT2D eigenvalue weighted by molar-refractivity contribution is 14.1. The van der Waals surface area contributed by atoms with Crippen LogP contribution in [-0.4, -0.2) is 137 Å². The van der Waals surface area contributed by atoms with Crippen LogP contribution >= 0.6 is 22.9 Å². The van der Waals surface area contributed by atoms with Gasteiger partial charge in [0.15, 0.2) is 0 Å². The zero-order chi connectivity index (χ0) is 21.8. The van der Waals surface area contributed by atoms with Crippen LogP contribution in [0.4, 0.5) is 0 Å². The van der Waals surface area contributed by atoms with Crippen molar-refractivity contribution in [3.8, 4) is 0 Å². The third kappa shape index (κ3) is 11.9. The molecule has 0 spiro atoms. The Bertz CT molecular complexity index is 548. The predicted molar refractivity (Wildman–Crippen MR) is 111 cm³/mol. The molecule has 0 atom stereocenters. The Labute approximate surface area is 182 Å². The molecule has 1 heterocycles. The van der Waals surface area contributed by atoms with Crippen molar-refractivity contribution in [2.45, 2.75) is 0 Å². The molecule has 1 fully saturated rings. The van der Waals surface area contributed by atoms with Crippen molar-refractivity contribution in [1.29, 1.82) is 0 Å². The SMILES string of the molecule is O=C(O)CN1CCN(CC(=O)O)CCN(CC(=O)NI)CCN(CC(=O)O)CC1. The maximum Gasteiger partial charge on any atom is 0.317 e. The Kier molecular flexibility index (Phi) is 12.0. The summed E-state index contributed by atoms with van der Waals surface area (Å²) in [6.07, 6.45) is 0. The molecule has 0 aromatic rings. The molecule has 0 bridgehead atoms. The van der Waals surface area contributed by atoms with Crippen LogP contribution in [0.1, 0.15) is 0 Å². The molecular formula is C16H28IN5O7. The monoisotopic (exact) mass is 529 g/mol. The quantitative estimate of drug-likeness (QED) is 0.203. The van der Waals surface area contributed by atoms with E-state index in [-0.39, 0.29) is 32.1 Å². The second-order valence-corrected chi connectivity index (χ2v) is 7.34. The molecular weight excluding hydrogens is 501 g/mol. The first-order valence-electron chi connectivity index (χ1n) is 9.14. The molecule has 12 nitrogen and oxygen atoms in total. The van der Waals surface area contributed by atoms with Crippen molar-refractivity contribution in [3.05, 3.63) is 0 Å². The molecule has 0 aromatic carbocycles. The van der Waals surface area contributed by atoms with Gasteiger partial charge in [0.2, 0.25) is 5.91 Å². The summed E-state index contributed by atoms with van der Waals surface area (Å²) in [6, 6.07) is 0. The van der Waals surface area contributed by atoms with Crippen molar-refractivity contribution in [2.75, 3.05) is 78.5 Å². The van der Waals surface area contributed by atoms with Gasteiger partial charge in [-0.1, -0.05) is 0 Å². The van der Waals surface area contributed by atoms with Crippen LogP contribution in [0.5, 0.6) is 0 Å². The lowest BCUT2D eigenvalue weighted by molar-refractivity contribution is -0.140. The van der Waals surface area contributed by atoms with Crippen LogP contribution in [0.3, 0.4) is 0 Å². The molecule has 29 heavy (non-hydrogen) atoms. The average Bonchev–Trinajstić information content (AvgIpc) is 2.62. The molecule has 4 N–H and O–H groups in total. The molecule has 1 rings (SSSR count). The number of carboxylic acids is 3. The molecule has 1 aliphatic rings. The Hall–Kier alpha value is -1.55. The number of nitrogens with one attached hydrogen (secondary N) is 1. The van der Waals surface area contributed by atoms with Crippen LogP contribution in [-0.2, 0) is 19.2 Å². The number of halogens is 1. The maximum absolute atomic E-state index is 11.8. The molecule has 0 aliphatic carbocycles. The first-order valence-corrected chi connectivity index (χ1v) is 10.2. The van der Waals surface area contributed by atoms with E-state index < -0.39 is 17.9 Å². The predicted octanol–water partition coefficient (Wildman–Crippen LogP) is -2.07. The molecule has 0 radical (unpaired) electrons. The van der Waals surface area contributed by atoms with E-state index in [1.807, 2.05) is 4.90 Å². The number of amides is 1. The Morgan fingerprint density at radius 1 is 0.586 bits per heavy atom. The van der Waals surface area contributed by atoms with Gasteiger partial charge in [-0.2, -0.15) is 0 Å². The van der Waals surface area contributed by atoms with E-state index in [9.17, 15) is 19.2 Å². The van der Waals surface area contributed by atoms with E-state index in [0.29, 0.717) is 52.4 Å². The summed E-state index contributed by atoms with van der Waals surface area (Å²) < 4.78 is 2.52. The van der Waals surface area contributed by atoms with Gasteiger partial charge in [-0.05, 0) is 0 Å². The summed E-state index contributed by atoms with van der Waals surface area (Å²) in [7, 11) is 0. The molecule has 1 aliphatic heterocycles. The van der Waals surface area contributed by atoms with Crippen molar-refractivity contribution < 1.29 is 34.5 Å². The summed E-state index contributed by atoms with van der Waals surface area (Å²) in [5.41, 5.74) is 0. The minimum atomic E-state index is -0.998. The van der Waals surface area contributed by atoms with Crippen LogP contribution in [0, 0.1) is 0 Å². The highest BCUT2D eigenvalue weighted by Crippen LogP contribution is 2.01. The largest absolute Gasteiger partial charge is 0.480 e. The van der Waals surface area contributed by atoms with E-state index >= 15 is 0 Å². The lowest BCUT2D eigenvalue weighted by atomic mass is 10.3. The van der Waals surface area contributed by atoms with Crippen molar-refractivity contribution in [1.82, 2.24) is 23.1 Å². The van der Waals surface area contributed by atoms with Gasteiger partial charge in [0, 0.05) is 52.4 Å². The highest BCUT2D eigenvalue weighted by atomic mass is 127.